The van der Waals surface area contributed by atoms with Gasteiger partial charge in [-0.15, -0.1) is 0 Å². The number of hydrogen-bond acceptors (Lipinski definition) is 3. The van der Waals surface area contributed by atoms with E-state index in [1.165, 1.54) is 23.3 Å². The molecule has 2 aromatic carbocycles. The summed E-state index contributed by atoms with van der Waals surface area (Å²) in [6.45, 7) is 6.78. The van der Waals surface area contributed by atoms with Gasteiger partial charge in [0.2, 0.25) is 0 Å². The molecule has 0 aliphatic carbocycles. The molecule has 0 atom stereocenters. The summed E-state index contributed by atoms with van der Waals surface area (Å²) in [4.78, 5) is 8.75. The molecule has 0 spiro atoms. The molecular weight excluding hydrogens is 325 g/mol. The molecule has 3 nitrogen and oxygen atoms in total. The Morgan fingerprint density at radius 2 is 1.69 bits per heavy atom. The van der Waals surface area contributed by atoms with Crippen molar-refractivity contribution in [1.29, 1.82) is 0 Å². The van der Waals surface area contributed by atoms with Crippen LogP contribution >= 0.6 is 0 Å². The quantitative estimate of drug-likeness (QED) is 0.671. The van der Waals surface area contributed by atoms with Crippen molar-refractivity contribution in [3.63, 3.8) is 0 Å². The number of halogens is 1. The molecule has 4 heteroatoms. The van der Waals surface area contributed by atoms with E-state index < -0.39 is 0 Å². The Balaban J connectivity index is 1.79. The molecule has 0 radical (unpaired) electrons. The van der Waals surface area contributed by atoms with E-state index >= 15 is 0 Å². The average Bonchev–Trinajstić information content (AvgIpc) is 2.64. The third-order valence-corrected chi connectivity index (χ3v) is 4.36. The van der Waals surface area contributed by atoms with Crippen LogP contribution in [-0.4, -0.2) is 9.97 Å². The molecule has 1 N–H and O–H groups in total. The second-order valence-corrected chi connectivity index (χ2v) is 6.41. The maximum atomic E-state index is 13.1. The minimum absolute atomic E-state index is 0.234. The first-order valence-electron chi connectivity index (χ1n) is 8.58. The first kappa shape index (κ1) is 17.8. The molecule has 3 aromatic rings. The van der Waals surface area contributed by atoms with Gasteiger partial charge in [-0.1, -0.05) is 42.0 Å². The number of nitrogens with one attached hydrogen (secondary N) is 1. The molecule has 132 valence electrons. The third kappa shape index (κ3) is 4.33. The Labute approximate surface area is 153 Å². The lowest BCUT2D eigenvalue weighted by atomic mass is 10.0. The van der Waals surface area contributed by atoms with Crippen LogP contribution in [0.1, 0.15) is 34.9 Å². The van der Waals surface area contributed by atoms with Crippen LogP contribution in [0.15, 0.2) is 54.9 Å². The van der Waals surface area contributed by atoms with Crippen molar-refractivity contribution < 1.29 is 4.39 Å². The standard InChI is InChI=1S/C22H22FN3/c1-15-4-6-18(7-5-15)13-24-22-17(3)21(25-14-26-22)12-16(2)19-8-10-20(23)11-9-19/h4-12,14H,13H2,1-3H3,(H,24,25,26)/b16-12+. The second-order valence-electron chi connectivity index (χ2n) is 6.41. The first-order valence-corrected chi connectivity index (χ1v) is 8.58. The van der Waals surface area contributed by atoms with Crippen molar-refractivity contribution in [2.24, 2.45) is 0 Å². The molecule has 1 heterocycles. The maximum Gasteiger partial charge on any atom is 0.133 e. The fourth-order valence-corrected chi connectivity index (χ4v) is 2.68. The number of hydrogen-bond donors (Lipinski definition) is 1. The summed E-state index contributed by atoms with van der Waals surface area (Å²) in [7, 11) is 0. The van der Waals surface area contributed by atoms with Crippen LogP contribution in [-0.2, 0) is 6.54 Å². The van der Waals surface area contributed by atoms with Gasteiger partial charge in [0.25, 0.3) is 0 Å². The smallest absolute Gasteiger partial charge is 0.133 e. The molecule has 0 amide bonds. The molecule has 0 bridgehead atoms. The molecule has 3 rings (SSSR count). The van der Waals surface area contributed by atoms with Crippen LogP contribution in [0.3, 0.4) is 0 Å². The van der Waals surface area contributed by atoms with Gasteiger partial charge in [-0.25, -0.2) is 14.4 Å². The van der Waals surface area contributed by atoms with Gasteiger partial charge in [0, 0.05) is 12.1 Å². The highest BCUT2D eigenvalue weighted by molar-refractivity contribution is 5.80. The van der Waals surface area contributed by atoms with Gasteiger partial charge in [-0.2, -0.15) is 0 Å². The molecule has 0 saturated carbocycles. The van der Waals surface area contributed by atoms with E-state index in [9.17, 15) is 4.39 Å². The molecule has 0 aliphatic rings. The second kappa shape index (κ2) is 7.91. The minimum atomic E-state index is -0.234. The summed E-state index contributed by atoms with van der Waals surface area (Å²) in [6.07, 6.45) is 3.57. The van der Waals surface area contributed by atoms with Crippen LogP contribution in [0.5, 0.6) is 0 Å². The third-order valence-electron chi connectivity index (χ3n) is 4.36. The number of anilines is 1. The number of aromatic nitrogens is 2. The number of benzene rings is 2. The highest BCUT2D eigenvalue weighted by Crippen LogP contribution is 2.21. The fraction of sp³-hybridized carbons (Fsp3) is 0.182. The van der Waals surface area contributed by atoms with E-state index in [0.29, 0.717) is 6.54 Å². The van der Waals surface area contributed by atoms with E-state index in [2.05, 4.69) is 46.5 Å². The van der Waals surface area contributed by atoms with Gasteiger partial charge in [0.1, 0.15) is 18.0 Å². The average molecular weight is 347 g/mol. The van der Waals surface area contributed by atoms with Crippen LogP contribution < -0.4 is 5.32 Å². The van der Waals surface area contributed by atoms with Gasteiger partial charge in [0.05, 0.1) is 5.69 Å². The molecule has 0 unspecified atom stereocenters. The lowest BCUT2D eigenvalue weighted by Crippen LogP contribution is -2.05. The Kier molecular flexibility index (Phi) is 5.42. The maximum absolute atomic E-state index is 13.1. The van der Waals surface area contributed by atoms with Gasteiger partial charge in [-0.05, 0) is 55.7 Å². The van der Waals surface area contributed by atoms with E-state index in [4.69, 9.17) is 0 Å². The van der Waals surface area contributed by atoms with Crippen LogP contribution in [0.4, 0.5) is 10.2 Å². The molecule has 0 fully saturated rings. The fourth-order valence-electron chi connectivity index (χ4n) is 2.68. The topological polar surface area (TPSA) is 37.8 Å². The number of rotatable bonds is 5. The molecule has 0 aliphatic heterocycles. The van der Waals surface area contributed by atoms with Crippen molar-refractivity contribution >= 4 is 17.5 Å². The van der Waals surface area contributed by atoms with E-state index in [0.717, 1.165) is 28.2 Å². The highest BCUT2D eigenvalue weighted by Gasteiger charge is 2.06. The Bertz CT molecular complexity index is 913. The van der Waals surface area contributed by atoms with Crippen molar-refractivity contribution in [3.05, 3.63) is 88.6 Å². The molecule has 0 saturated heterocycles. The van der Waals surface area contributed by atoms with Gasteiger partial charge < -0.3 is 5.32 Å². The molecular formula is C22H22FN3. The van der Waals surface area contributed by atoms with Gasteiger partial charge in [0.15, 0.2) is 0 Å². The van der Waals surface area contributed by atoms with Gasteiger partial charge in [-0.3, -0.25) is 0 Å². The molecule has 26 heavy (non-hydrogen) atoms. The van der Waals surface area contributed by atoms with Crippen molar-refractivity contribution in [2.75, 3.05) is 5.32 Å². The van der Waals surface area contributed by atoms with E-state index in [1.807, 2.05) is 19.9 Å². The lowest BCUT2D eigenvalue weighted by Gasteiger charge is -2.11. The summed E-state index contributed by atoms with van der Waals surface area (Å²) in [6, 6.07) is 14.9. The van der Waals surface area contributed by atoms with E-state index in [1.54, 1.807) is 18.5 Å². The number of nitrogens with zero attached hydrogens (tertiary/aromatic N) is 2. The Morgan fingerprint density at radius 3 is 2.38 bits per heavy atom. The Morgan fingerprint density at radius 1 is 1.00 bits per heavy atom. The Hall–Kier alpha value is -3.01. The molecule has 1 aromatic heterocycles. The van der Waals surface area contributed by atoms with Crippen molar-refractivity contribution in [1.82, 2.24) is 9.97 Å². The van der Waals surface area contributed by atoms with Crippen LogP contribution in [0.2, 0.25) is 0 Å². The zero-order valence-electron chi connectivity index (χ0n) is 15.3. The number of aryl methyl sites for hydroxylation is 1. The minimum Gasteiger partial charge on any atom is -0.366 e. The SMILES string of the molecule is C/C(=C\c1ncnc(NCc2ccc(C)cc2)c1C)c1ccc(F)cc1. The summed E-state index contributed by atoms with van der Waals surface area (Å²) < 4.78 is 13.1. The van der Waals surface area contributed by atoms with E-state index in [-0.39, 0.29) is 5.82 Å². The van der Waals surface area contributed by atoms with Crippen molar-refractivity contribution in [2.45, 2.75) is 27.3 Å². The summed E-state index contributed by atoms with van der Waals surface area (Å²) >= 11 is 0. The predicted octanol–water partition coefficient (Wildman–Crippen LogP) is 5.41. The highest BCUT2D eigenvalue weighted by atomic mass is 19.1. The number of allylic oxidation sites excluding steroid dienone is 1. The summed E-state index contributed by atoms with van der Waals surface area (Å²) in [5, 5.41) is 3.38. The zero-order valence-corrected chi connectivity index (χ0v) is 15.3. The zero-order chi connectivity index (χ0) is 18.5. The largest absolute Gasteiger partial charge is 0.366 e. The van der Waals surface area contributed by atoms with Crippen LogP contribution in [0, 0.1) is 19.7 Å². The first-order chi connectivity index (χ1) is 12.5. The monoisotopic (exact) mass is 347 g/mol. The summed E-state index contributed by atoms with van der Waals surface area (Å²) in [5.74, 6) is 0.584. The van der Waals surface area contributed by atoms with Crippen LogP contribution in [0.25, 0.3) is 11.6 Å². The summed E-state index contributed by atoms with van der Waals surface area (Å²) in [5.41, 5.74) is 6.29. The van der Waals surface area contributed by atoms with Crippen molar-refractivity contribution in [3.8, 4) is 0 Å². The van der Waals surface area contributed by atoms with Gasteiger partial charge >= 0.3 is 0 Å². The predicted molar refractivity (Wildman–Crippen MR) is 105 cm³/mol. The lowest BCUT2D eigenvalue weighted by molar-refractivity contribution is 0.627. The normalized spacial score (nSPS) is 11.5.